The van der Waals surface area contributed by atoms with Crippen LogP contribution in [0.4, 0.5) is 5.69 Å². The van der Waals surface area contributed by atoms with Crippen LogP contribution in [0.25, 0.3) is 0 Å². The van der Waals surface area contributed by atoms with Gasteiger partial charge in [0.05, 0.1) is 5.57 Å². The van der Waals surface area contributed by atoms with E-state index in [1.807, 2.05) is 58.9 Å². The molecule has 2 atom stereocenters. The molecule has 0 saturated carbocycles. The topological polar surface area (TPSA) is 94.6 Å². The molecule has 0 aliphatic carbocycles. The number of ether oxygens (including phenoxy) is 2. The van der Waals surface area contributed by atoms with Crippen LogP contribution in [0.5, 0.6) is 0 Å². The lowest BCUT2D eigenvalue weighted by molar-refractivity contribution is -0.163. The van der Waals surface area contributed by atoms with Crippen LogP contribution in [0.15, 0.2) is 89.3 Å². The van der Waals surface area contributed by atoms with Crippen molar-refractivity contribution in [3.8, 4) is 0 Å². The Morgan fingerprint density at radius 3 is 2.40 bits per heavy atom. The van der Waals surface area contributed by atoms with Gasteiger partial charge >= 0.3 is 5.97 Å². The summed E-state index contributed by atoms with van der Waals surface area (Å²) in [6.45, 7) is 11.9. The third-order valence-electron chi connectivity index (χ3n) is 7.62. The average molecular weight is 605 g/mol. The second-order valence-electron chi connectivity index (χ2n) is 12.4. The summed E-state index contributed by atoms with van der Waals surface area (Å²) in [6.07, 6.45) is 5.71. The maximum absolute atomic E-state index is 14.0. The molecular weight excluding hydrogens is 560 g/mol. The second kappa shape index (κ2) is 13.3. The second-order valence-corrected chi connectivity index (χ2v) is 14.0. The van der Waals surface area contributed by atoms with Crippen molar-refractivity contribution in [2.24, 2.45) is 0 Å². The molecule has 4 rings (SSSR count). The highest BCUT2D eigenvalue weighted by Crippen LogP contribution is 2.44. The van der Waals surface area contributed by atoms with Crippen molar-refractivity contribution in [3.05, 3.63) is 101 Å². The predicted octanol–water partition coefficient (Wildman–Crippen LogP) is 7.87. The van der Waals surface area contributed by atoms with Crippen molar-refractivity contribution in [2.75, 3.05) is 4.72 Å². The zero-order valence-corrected chi connectivity index (χ0v) is 27.0. The van der Waals surface area contributed by atoms with Gasteiger partial charge in [0.1, 0.15) is 17.0 Å². The molecule has 1 aromatic heterocycles. The molecule has 0 unspecified atom stereocenters. The summed E-state index contributed by atoms with van der Waals surface area (Å²) >= 11 is 0. The van der Waals surface area contributed by atoms with Gasteiger partial charge in [0.25, 0.3) is 10.0 Å². The van der Waals surface area contributed by atoms with Crippen LogP contribution in [0.2, 0.25) is 0 Å². The predicted molar refractivity (Wildman–Crippen MR) is 170 cm³/mol. The summed E-state index contributed by atoms with van der Waals surface area (Å²) in [5.74, 6) is -0.0544. The fraction of sp³-hybridized carbons (Fsp3) is 0.429. The smallest absolute Gasteiger partial charge is 0.338 e. The molecule has 43 heavy (non-hydrogen) atoms. The Labute approximate surface area is 256 Å². The molecule has 0 saturated heterocycles. The molecule has 8 heteroatoms. The van der Waals surface area contributed by atoms with Gasteiger partial charge in [-0.1, -0.05) is 68.8 Å². The van der Waals surface area contributed by atoms with Crippen molar-refractivity contribution >= 4 is 21.7 Å². The van der Waals surface area contributed by atoms with E-state index in [-0.39, 0.29) is 16.9 Å². The molecular formula is C35H44N2O5S. The van der Waals surface area contributed by atoms with Crippen molar-refractivity contribution < 1.29 is 22.7 Å². The number of aromatic nitrogens is 1. The first kappa shape index (κ1) is 32.3. The van der Waals surface area contributed by atoms with Crippen molar-refractivity contribution in [3.63, 3.8) is 0 Å². The first-order valence-electron chi connectivity index (χ1n) is 15.1. The van der Waals surface area contributed by atoms with Crippen molar-refractivity contribution in [1.29, 1.82) is 0 Å². The monoisotopic (exact) mass is 604 g/mol. The maximum Gasteiger partial charge on any atom is 0.338 e. The zero-order valence-electron chi connectivity index (χ0n) is 26.1. The number of esters is 1. The largest absolute Gasteiger partial charge is 0.492 e. The van der Waals surface area contributed by atoms with E-state index >= 15 is 0 Å². The Balaban J connectivity index is 1.69. The molecule has 3 aromatic rings. The summed E-state index contributed by atoms with van der Waals surface area (Å²) in [7, 11) is -3.89. The normalized spacial score (nSPS) is 18.2. The van der Waals surface area contributed by atoms with E-state index in [0.717, 1.165) is 30.4 Å². The highest BCUT2D eigenvalue weighted by Gasteiger charge is 2.44. The summed E-state index contributed by atoms with van der Waals surface area (Å²) in [5.41, 5.74) is 2.58. The first-order valence-corrected chi connectivity index (χ1v) is 16.6. The van der Waals surface area contributed by atoms with E-state index in [4.69, 9.17) is 9.47 Å². The van der Waals surface area contributed by atoms with Gasteiger partial charge < -0.3 is 9.47 Å². The minimum atomic E-state index is -3.89. The first-order chi connectivity index (χ1) is 20.3. The molecule has 230 valence electrons. The fourth-order valence-electron chi connectivity index (χ4n) is 5.71. The zero-order chi connectivity index (χ0) is 31.3. The number of hydrogen-bond acceptors (Lipinski definition) is 6. The molecule has 0 spiro atoms. The number of aryl methyl sites for hydroxylation is 2. The number of sulfonamides is 1. The fourth-order valence-corrected chi connectivity index (χ4v) is 6.69. The van der Waals surface area contributed by atoms with Crippen LogP contribution in [0.3, 0.4) is 0 Å². The van der Waals surface area contributed by atoms with Gasteiger partial charge in [0, 0.05) is 24.2 Å². The van der Waals surface area contributed by atoms with Crippen LogP contribution < -0.4 is 4.72 Å². The minimum Gasteiger partial charge on any atom is -0.492 e. The van der Waals surface area contributed by atoms with Gasteiger partial charge in [-0.25, -0.2) is 9.78 Å². The van der Waals surface area contributed by atoms with E-state index in [9.17, 15) is 13.2 Å². The van der Waals surface area contributed by atoms with Crippen LogP contribution in [-0.2, 0) is 30.7 Å². The number of pyridine rings is 1. The number of rotatable bonds is 12. The van der Waals surface area contributed by atoms with Gasteiger partial charge in [0.15, 0.2) is 5.03 Å². The molecule has 0 amide bonds. The third-order valence-corrected chi connectivity index (χ3v) is 8.91. The Bertz CT molecular complexity index is 1540. The summed E-state index contributed by atoms with van der Waals surface area (Å²) in [5, 5.41) is -0.0576. The van der Waals surface area contributed by atoms with Gasteiger partial charge in [0.2, 0.25) is 0 Å². The third kappa shape index (κ3) is 8.25. The SMILES string of the molecule is CCC[C@@]1(CCc2ccccc2)CC(OC(C)(C)C)=C([C@H](CC)c2cccc(NS(=O)(=O)c3ccc(C)cn3)c2)C(=O)O1. The molecule has 0 radical (unpaired) electrons. The number of hydrogen-bond donors (Lipinski definition) is 1. The Morgan fingerprint density at radius 1 is 1.02 bits per heavy atom. The number of nitrogens with zero attached hydrogens (tertiary/aromatic N) is 1. The molecule has 1 aliphatic heterocycles. The molecule has 7 nitrogen and oxygen atoms in total. The van der Waals surface area contributed by atoms with Crippen molar-refractivity contribution in [1.82, 2.24) is 4.98 Å². The standard InChI is InChI=1S/C35H44N2O5S/c1-7-20-35(21-19-26-13-10-9-11-14-26)23-30(41-34(4,5)6)32(33(38)42-35)29(8-2)27-15-12-16-28(22-27)37-43(39,40)31-18-17-25(3)24-36-31/h9-18,22,24,29,37H,7-8,19-21,23H2,1-6H3/t29-,35-/m1/s1. The lowest BCUT2D eigenvalue weighted by atomic mass is 9.79. The van der Waals surface area contributed by atoms with E-state index in [1.54, 1.807) is 24.3 Å². The van der Waals surface area contributed by atoms with E-state index in [0.29, 0.717) is 36.3 Å². The molecule has 1 aliphatic rings. The summed E-state index contributed by atoms with van der Waals surface area (Å²) in [4.78, 5) is 18.1. The van der Waals surface area contributed by atoms with Crippen LogP contribution in [-0.4, -0.2) is 30.6 Å². The van der Waals surface area contributed by atoms with Gasteiger partial charge in [-0.05, 0) is 88.3 Å². The Hall–Kier alpha value is -3.65. The highest BCUT2D eigenvalue weighted by atomic mass is 32.2. The average Bonchev–Trinajstić information content (AvgIpc) is 2.94. The lowest BCUT2D eigenvalue weighted by Crippen LogP contribution is -2.43. The van der Waals surface area contributed by atoms with E-state index in [1.165, 1.54) is 17.8 Å². The number of carbonyl (C=O) groups excluding carboxylic acids is 1. The van der Waals surface area contributed by atoms with Crippen LogP contribution in [0.1, 0.15) is 89.3 Å². The number of cyclic esters (lactones) is 1. The van der Waals surface area contributed by atoms with Gasteiger partial charge in [-0.2, -0.15) is 8.42 Å². The summed E-state index contributed by atoms with van der Waals surface area (Å²) < 4.78 is 41.7. The van der Waals surface area contributed by atoms with Crippen LogP contribution >= 0.6 is 0 Å². The number of carbonyl (C=O) groups is 1. The Morgan fingerprint density at radius 2 is 1.77 bits per heavy atom. The van der Waals surface area contributed by atoms with Gasteiger partial charge in [-0.3, -0.25) is 4.72 Å². The number of nitrogens with one attached hydrogen (secondary N) is 1. The number of benzene rings is 2. The van der Waals surface area contributed by atoms with Crippen LogP contribution in [0, 0.1) is 6.92 Å². The lowest BCUT2D eigenvalue weighted by Gasteiger charge is -2.41. The number of anilines is 1. The minimum absolute atomic E-state index is 0.0576. The van der Waals surface area contributed by atoms with Crippen molar-refractivity contribution in [2.45, 2.75) is 102 Å². The molecule has 0 bridgehead atoms. The molecule has 0 fully saturated rings. The molecule has 2 aromatic carbocycles. The Kier molecular flexibility index (Phi) is 10.0. The molecule has 1 N–H and O–H groups in total. The van der Waals surface area contributed by atoms with Gasteiger partial charge in [-0.15, -0.1) is 0 Å². The van der Waals surface area contributed by atoms with E-state index in [2.05, 4.69) is 28.8 Å². The maximum atomic E-state index is 14.0. The molecule has 2 heterocycles. The van der Waals surface area contributed by atoms with E-state index < -0.39 is 21.2 Å². The highest BCUT2D eigenvalue weighted by molar-refractivity contribution is 7.92. The summed E-state index contributed by atoms with van der Waals surface area (Å²) in [6, 6.07) is 20.6. The quantitative estimate of drug-likeness (QED) is 0.211.